The van der Waals surface area contributed by atoms with Crippen molar-refractivity contribution in [2.24, 2.45) is 5.92 Å². The summed E-state index contributed by atoms with van der Waals surface area (Å²) >= 11 is 0. The second kappa shape index (κ2) is 13.6. The molecule has 21 heavy (non-hydrogen) atoms. The van der Waals surface area contributed by atoms with Crippen molar-refractivity contribution in [3.05, 3.63) is 0 Å². The van der Waals surface area contributed by atoms with E-state index in [9.17, 15) is 0 Å². The Labute approximate surface area is 133 Å². The molecular formula is C19H39NO. The summed E-state index contributed by atoms with van der Waals surface area (Å²) < 4.78 is 5.78. The zero-order valence-electron chi connectivity index (χ0n) is 14.7. The summed E-state index contributed by atoms with van der Waals surface area (Å²) in [7, 11) is 0. The van der Waals surface area contributed by atoms with Gasteiger partial charge in [0.15, 0.2) is 0 Å². The third-order valence-electron chi connectivity index (χ3n) is 4.82. The highest BCUT2D eigenvalue weighted by Crippen LogP contribution is 2.15. The van der Waals surface area contributed by atoms with Crippen LogP contribution in [-0.2, 0) is 4.74 Å². The van der Waals surface area contributed by atoms with Gasteiger partial charge in [0.05, 0.1) is 6.61 Å². The minimum Gasteiger partial charge on any atom is -0.380 e. The van der Waals surface area contributed by atoms with Crippen LogP contribution >= 0.6 is 0 Å². The zero-order valence-corrected chi connectivity index (χ0v) is 14.7. The number of hydrogen-bond acceptors (Lipinski definition) is 2. The molecule has 0 aliphatic carbocycles. The van der Waals surface area contributed by atoms with Gasteiger partial charge in [-0.05, 0) is 38.3 Å². The van der Waals surface area contributed by atoms with Gasteiger partial charge < -0.3 is 9.64 Å². The van der Waals surface area contributed by atoms with E-state index in [-0.39, 0.29) is 0 Å². The number of nitrogens with zero attached hydrogens (tertiary/aromatic N) is 1. The van der Waals surface area contributed by atoms with Crippen molar-refractivity contribution >= 4 is 0 Å². The quantitative estimate of drug-likeness (QED) is 0.430. The lowest BCUT2D eigenvalue weighted by Gasteiger charge is -2.29. The smallest absolute Gasteiger partial charge is 0.0593 e. The van der Waals surface area contributed by atoms with Gasteiger partial charge in [-0.15, -0.1) is 0 Å². The first-order valence-electron chi connectivity index (χ1n) is 9.63. The van der Waals surface area contributed by atoms with E-state index < -0.39 is 0 Å². The molecule has 0 amide bonds. The summed E-state index contributed by atoms with van der Waals surface area (Å²) in [6, 6.07) is 0. The third-order valence-corrected chi connectivity index (χ3v) is 4.82. The number of hydrogen-bond donors (Lipinski definition) is 0. The molecule has 0 N–H and O–H groups in total. The normalized spacial score (nSPS) is 17.4. The van der Waals surface area contributed by atoms with Gasteiger partial charge in [-0.2, -0.15) is 0 Å². The Hall–Kier alpha value is -0.0800. The number of ether oxygens (including phenoxy) is 1. The van der Waals surface area contributed by atoms with Gasteiger partial charge in [0.2, 0.25) is 0 Å². The van der Waals surface area contributed by atoms with Crippen LogP contribution in [0.4, 0.5) is 0 Å². The predicted octanol–water partition coefficient (Wildman–Crippen LogP) is 5.27. The first kappa shape index (κ1) is 19.0. The average Bonchev–Trinajstić information content (AvgIpc) is 2.50. The van der Waals surface area contributed by atoms with Gasteiger partial charge in [-0.25, -0.2) is 0 Å². The van der Waals surface area contributed by atoms with Gasteiger partial charge >= 0.3 is 0 Å². The van der Waals surface area contributed by atoms with Crippen molar-refractivity contribution in [1.29, 1.82) is 0 Å². The fourth-order valence-corrected chi connectivity index (χ4v) is 3.10. The molecule has 1 rings (SSSR count). The number of likely N-dealkylation sites (tertiary alicyclic amines) is 1. The first-order chi connectivity index (χ1) is 10.3. The molecule has 1 fully saturated rings. The fraction of sp³-hybridized carbons (Fsp3) is 1.00. The van der Waals surface area contributed by atoms with Crippen molar-refractivity contribution in [2.75, 3.05) is 32.8 Å². The Bertz CT molecular complexity index is 212. The highest BCUT2D eigenvalue weighted by Gasteiger charge is 2.14. The van der Waals surface area contributed by atoms with E-state index >= 15 is 0 Å². The summed E-state index contributed by atoms with van der Waals surface area (Å²) in [6.07, 6.45) is 15.3. The minimum absolute atomic E-state index is 0.934. The lowest BCUT2D eigenvalue weighted by molar-refractivity contribution is 0.0876. The molecule has 0 radical (unpaired) electrons. The molecule has 0 spiro atoms. The van der Waals surface area contributed by atoms with E-state index in [1.54, 1.807) is 0 Å². The number of piperidine rings is 1. The molecule has 2 heteroatoms. The minimum atomic E-state index is 0.934. The Morgan fingerprint density at radius 2 is 1.38 bits per heavy atom. The first-order valence-corrected chi connectivity index (χ1v) is 9.63. The SMILES string of the molecule is CCCCCCCCCCCOCCN1CCC(C)CC1. The average molecular weight is 298 g/mol. The highest BCUT2D eigenvalue weighted by atomic mass is 16.5. The van der Waals surface area contributed by atoms with Crippen molar-refractivity contribution < 1.29 is 4.74 Å². The highest BCUT2D eigenvalue weighted by molar-refractivity contribution is 4.68. The molecule has 0 atom stereocenters. The molecule has 126 valence electrons. The molecule has 1 saturated heterocycles. The molecule has 1 heterocycles. The van der Waals surface area contributed by atoms with E-state index in [2.05, 4.69) is 18.7 Å². The maximum Gasteiger partial charge on any atom is 0.0593 e. The number of unbranched alkanes of at least 4 members (excludes halogenated alkanes) is 8. The monoisotopic (exact) mass is 297 g/mol. The molecule has 0 aromatic carbocycles. The van der Waals surface area contributed by atoms with Crippen LogP contribution in [0, 0.1) is 5.92 Å². The van der Waals surface area contributed by atoms with Crippen LogP contribution in [0.3, 0.4) is 0 Å². The second-order valence-electron chi connectivity index (χ2n) is 6.96. The Balaban J connectivity index is 1.73. The molecule has 0 unspecified atom stereocenters. The van der Waals surface area contributed by atoms with Gasteiger partial charge in [0, 0.05) is 13.2 Å². The molecule has 1 aliphatic heterocycles. The van der Waals surface area contributed by atoms with Gasteiger partial charge in [0.25, 0.3) is 0 Å². The van der Waals surface area contributed by atoms with E-state index in [4.69, 9.17) is 4.74 Å². The topological polar surface area (TPSA) is 12.5 Å². The molecular weight excluding hydrogens is 258 g/mol. The van der Waals surface area contributed by atoms with Crippen molar-refractivity contribution in [3.8, 4) is 0 Å². The predicted molar refractivity (Wildman–Crippen MR) is 92.9 cm³/mol. The van der Waals surface area contributed by atoms with E-state index in [0.717, 1.165) is 25.7 Å². The van der Waals surface area contributed by atoms with Crippen molar-refractivity contribution in [1.82, 2.24) is 4.90 Å². The van der Waals surface area contributed by atoms with Crippen molar-refractivity contribution in [2.45, 2.75) is 84.5 Å². The van der Waals surface area contributed by atoms with Crippen LogP contribution in [0.5, 0.6) is 0 Å². The molecule has 0 saturated carbocycles. The van der Waals surface area contributed by atoms with Crippen LogP contribution in [0.2, 0.25) is 0 Å². The Morgan fingerprint density at radius 1 is 0.810 bits per heavy atom. The van der Waals surface area contributed by atoms with E-state index in [1.807, 2.05) is 0 Å². The Morgan fingerprint density at radius 3 is 2.00 bits per heavy atom. The largest absolute Gasteiger partial charge is 0.380 e. The Kier molecular flexibility index (Phi) is 12.3. The second-order valence-corrected chi connectivity index (χ2v) is 6.96. The maximum atomic E-state index is 5.78. The van der Waals surface area contributed by atoms with Crippen molar-refractivity contribution in [3.63, 3.8) is 0 Å². The van der Waals surface area contributed by atoms with Gasteiger partial charge in [-0.3, -0.25) is 0 Å². The molecule has 2 nitrogen and oxygen atoms in total. The summed E-state index contributed by atoms with van der Waals surface area (Å²) in [4.78, 5) is 2.57. The fourth-order valence-electron chi connectivity index (χ4n) is 3.10. The molecule has 1 aliphatic rings. The maximum absolute atomic E-state index is 5.78. The zero-order chi connectivity index (χ0) is 15.2. The van der Waals surface area contributed by atoms with Crippen LogP contribution in [-0.4, -0.2) is 37.7 Å². The van der Waals surface area contributed by atoms with Gasteiger partial charge in [-0.1, -0.05) is 65.2 Å². The van der Waals surface area contributed by atoms with E-state index in [0.29, 0.717) is 0 Å². The molecule has 0 bridgehead atoms. The van der Waals surface area contributed by atoms with Crippen LogP contribution in [0.15, 0.2) is 0 Å². The van der Waals surface area contributed by atoms with Crippen LogP contribution in [0.1, 0.15) is 84.5 Å². The summed E-state index contributed by atoms with van der Waals surface area (Å²) in [5.74, 6) is 0.934. The summed E-state index contributed by atoms with van der Waals surface area (Å²) in [6.45, 7) is 10.3. The summed E-state index contributed by atoms with van der Waals surface area (Å²) in [5, 5.41) is 0. The lowest BCUT2D eigenvalue weighted by atomic mass is 9.99. The lowest BCUT2D eigenvalue weighted by Crippen LogP contribution is -2.35. The van der Waals surface area contributed by atoms with Crippen LogP contribution in [0.25, 0.3) is 0 Å². The standard InChI is InChI=1S/C19H39NO/c1-3-4-5-6-7-8-9-10-11-17-21-18-16-20-14-12-19(2)13-15-20/h19H,3-18H2,1-2H3. The summed E-state index contributed by atoms with van der Waals surface area (Å²) in [5.41, 5.74) is 0. The third kappa shape index (κ3) is 11.2. The number of rotatable bonds is 13. The van der Waals surface area contributed by atoms with Gasteiger partial charge in [0.1, 0.15) is 0 Å². The molecule has 0 aromatic heterocycles. The van der Waals surface area contributed by atoms with E-state index in [1.165, 1.54) is 83.7 Å². The molecule has 0 aromatic rings. The van der Waals surface area contributed by atoms with Crippen LogP contribution < -0.4 is 0 Å².